The van der Waals surface area contributed by atoms with Gasteiger partial charge in [0.2, 0.25) is 0 Å². The third-order valence-electron chi connectivity index (χ3n) is 3.91. The van der Waals surface area contributed by atoms with Gasteiger partial charge in [-0.1, -0.05) is 42.5 Å². The van der Waals surface area contributed by atoms with Crippen LogP contribution in [0.5, 0.6) is 0 Å². The molecule has 0 radical (unpaired) electrons. The lowest BCUT2D eigenvalue weighted by atomic mass is 10.0. The molecule has 1 aliphatic carbocycles. The van der Waals surface area contributed by atoms with Crippen LogP contribution in [-0.2, 0) is 11.3 Å². The van der Waals surface area contributed by atoms with E-state index in [0.717, 1.165) is 12.0 Å². The second-order valence-electron chi connectivity index (χ2n) is 5.05. The molecule has 19 heavy (non-hydrogen) atoms. The van der Waals surface area contributed by atoms with E-state index in [2.05, 4.69) is 6.08 Å². The minimum absolute atomic E-state index is 0.00799. The molecule has 1 saturated heterocycles. The van der Waals surface area contributed by atoms with Crippen molar-refractivity contribution in [1.82, 2.24) is 4.90 Å². The van der Waals surface area contributed by atoms with Gasteiger partial charge in [-0.15, -0.1) is 0 Å². The molecule has 3 atom stereocenters. The number of fused-ring (bicyclic) bond motifs is 2. The Hall–Kier alpha value is -1.81. The molecule has 4 heteroatoms. The summed E-state index contributed by atoms with van der Waals surface area (Å²) in [5.41, 5.74) is 0.969. The molecular formula is C15H17NO3. The maximum absolute atomic E-state index is 12.1. The van der Waals surface area contributed by atoms with E-state index in [1.807, 2.05) is 36.4 Å². The van der Waals surface area contributed by atoms with Gasteiger partial charge in [0, 0.05) is 5.92 Å². The van der Waals surface area contributed by atoms with Gasteiger partial charge in [0.1, 0.15) is 6.61 Å². The van der Waals surface area contributed by atoms with Gasteiger partial charge >= 0.3 is 6.09 Å². The van der Waals surface area contributed by atoms with Gasteiger partial charge in [0.15, 0.2) is 0 Å². The Morgan fingerprint density at radius 2 is 2.11 bits per heavy atom. The van der Waals surface area contributed by atoms with Crippen LogP contribution in [0.15, 0.2) is 42.5 Å². The molecular weight excluding hydrogens is 242 g/mol. The van der Waals surface area contributed by atoms with Crippen molar-refractivity contribution in [1.29, 1.82) is 0 Å². The maximum atomic E-state index is 12.1. The number of rotatable bonds is 3. The van der Waals surface area contributed by atoms with Crippen LogP contribution in [0.1, 0.15) is 12.0 Å². The summed E-state index contributed by atoms with van der Waals surface area (Å²) in [5, 5.41) is 9.41. The standard InChI is InChI=1S/C15H17NO3/c17-9-14-12-6-7-13(8-12)16(14)15(18)19-10-11-4-2-1-3-5-11/h1-7,12-14,17H,8-10H2. The molecule has 0 spiro atoms. The van der Waals surface area contributed by atoms with Crippen LogP contribution >= 0.6 is 0 Å². The highest BCUT2D eigenvalue weighted by atomic mass is 16.6. The predicted molar refractivity (Wildman–Crippen MR) is 70.4 cm³/mol. The fraction of sp³-hybridized carbons (Fsp3) is 0.400. The molecule has 1 aliphatic heterocycles. The van der Waals surface area contributed by atoms with Gasteiger partial charge in [-0.3, -0.25) is 4.90 Å². The number of nitrogens with zero attached hydrogens (tertiary/aromatic N) is 1. The molecule has 2 bridgehead atoms. The highest BCUT2D eigenvalue weighted by Gasteiger charge is 2.45. The number of ether oxygens (including phenoxy) is 1. The summed E-state index contributed by atoms with van der Waals surface area (Å²) >= 11 is 0. The first kappa shape index (κ1) is 12.2. The second kappa shape index (κ2) is 5.05. The average Bonchev–Trinajstić information content (AvgIpc) is 3.06. The molecule has 1 aromatic carbocycles. The summed E-state index contributed by atoms with van der Waals surface area (Å²) in [7, 11) is 0. The van der Waals surface area contributed by atoms with E-state index in [1.54, 1.807) is 4.90 Å². The molecule has 1 amide bonds. The Kier molecular flexibility index (Phi) is 3.25. The average molecular weight is 259 g/mol. The molecule has 1 aromatic rings. The Morgan fingerprint density at radius 1 is 1.32 bits per heavy atom. The van der Waals surface area contributed by atoms with E-state index in [9.17, 15) is 9.90 Å². The largest absolute Gasteiger partial charge is 0.445 e. The van der Waals surface area contributed by atoms with Crippen molar-refractivity contribution in [2.24, 2.45) is 5.92 Å². The van der Waals surface area contributed by atoms with Crippen LogP contribution in [0.2, 0.25) is 0 Å². The zero-order valence-corrected chi connectivity index (χ0v) is 10.6. The summed E-state index contributed by atoms with van der Waals surface area (Å²) in [6.07, 6.45) is 4.69. The molecule has 3 rings (SSSR count). The van der Waals surface area contributed by atoms with E-state index < -0.39 is 0 Å². The molecule has 2 aliphatic rings. The van der Waals surface area contributed by atoms with E-state index in [-0.39, 0.29) is 37.3 Å². The van der Waals surface area contributed by atoms with Crippen LogP contribution < -0.4 is 0 Å². The van der Waals surface area contributed by atoms with Crippen molar-refractivity contribution in [3.8, 4) is 0 Å². The quantitative estimate of drug-likeness (QED) is 0.844. The normalized spacial score (nSPS) is 27.8. The maximum Gasteiger partial charge on any atom is 0.410 e. The second-order valence-corrected chi connectivity index (χ2v) is 5.05. The van der Waals surface area contributed by atoms with Gasteiger partial charge in [0.05, 0.1) is 18.7 Å². The number of aliphatic hydroxyl groups excluding tert-OH is 1. The monoisotopic (exact) mass is 259 g/mol. The smallest absolute Gasteiger partial charge is 0.410 e. The Bertz CT molecular complexity index is 485. The first-order chi connectivity index (χ1) is 9.29. The summed E-state index contributed by atoms with van der Waals surface area (Å²) in [6.45, 7) is 0.265. The number of likely N-dealkylation sites (tertiary alicyclic amines) is 1. The van der Waals surface area contributed by atoms with E-state index in [0.29, 0.717) is 0 Å². The molecule has 0 aromatic heterocycles. The number of benzene rings is 1. The minimum Gasteiger partial charge on any atom is -0.445 e. The van der Waals surface area contributed by atoms with Crippen molar-refractivity contribution in [2.75, 3.05) is 6.61 Å². The number of aliphatic hydroxyl groups is 1. The molecule has 0 saturated carbocycles. The number of amides is 1. The van der Waals surface area contributed by atoms with Crippen LogP contribution in [0.3, 0.4) is 0 Å². The van der Waals surface area contributed by atoms with Gasteiger partial charge in [-0.2, -0.15) is 0 Å². The molecule has 4 nitrogen and oxygen atoms in total. The number of hydrogen-bond donors (Lipinski definition) is 1. The number of hydrogen-bond acceptors (Lipinski definition) is 3. The first-order valence-corrected chi connectivity index (χ1v) is 6.58. The predicted octanol–water partition coefficient (Wildman–Crippen LogP) is 1.94. The van der Waals surface area contributed by atoms with Crippen LogP contribution in [-0.4, -0.2) is 34.8 Å². The Morgan fingerprint density at radius 3 is 2.84 bits per heavy atom. The van der Waals surface area contributed by atoms with Gasteiger partial charge in [-0.25, -0.2) is 4.79 Å². The third-order valence-corrected chi connectivity index (χ3v) is 3.91. The van der Waals surface area contributed by atoms with Crippen molar-refractivity contribution in [2.45, 2.75) is 25.1 Å². The lowest BCUT2D eigenvalue weighted by Crippen LogP contribution is -2.45. The molecule has 100 valence electrons. The summed E-state index contributed by atoms with van der Waals surface area (Å²) in [4.78, 5) is 13.8. The fourth-order valence-electron chi connectivity index (χ4n) is 2.94. The van der Waals surface area contributed by atoms with Gasteiger partial charge in [0.25, 0.3) is 0 Å². The zero-order valence-electron chi connectivity index (χ0n) is 10.6. The third kappa shape index (κ3) is 2.24. The number of carbonyl (C=O) groups is 1. The van der Waals surface area contributed by atoms with Crippen LogP contribution in [0.4, 0.5) is 4.79 Å². The zero-order chi connectivity index (χ0) is 13.2. The number of carbonyl (C=O) groups excluding carboxylic acids is 1. The van der Waals surface area contributed by atoms with E-state index in [4.69, 9.17) is 4.74 Å². The Labute approximate surface area is 112 Å². The molecule has 1 N–H and O–H groups in total. The lowest BCUT2D eigenvalue weighted by Gasteiger charge is -2.30. The van der Waals surface area contributed by atoms with Crippen molar-refractivity contribution in [3.63, 3.8) is 0 Å². The van der Waals surface area contributed by atoms with E-state index >= 15 is 0 Å². The van der Waals surface area contributed by atoms with Crippen molar-refractivity contribution < 1.29 is 14.6 Å². The summed E-state index contributed by atoms with van der Waals surface area (Å²) in [6, 6.07) is 9.57. The highest BCUT2D eigenvalue weighted by Crippen LogP contribution is 2.37. The SMILES string of the molecule is O=C(OCc1ccccc1)N1C2C=CC(C2)C1CO. The van der Waals surface area contributed by atoms with E-state index in [1.165, 1.54) is 0 Å². The lowest BCUT2D eigenvalue weighted by molar-refractivity contribution is 0.0652. The highest BCUT2D eigenvalue weighted by molar-refractivity contribution is 5.70. The summed E-state index contributed by atoms with van der Waals surface area (Å²) in [5.74, 6) is 0.277. The van der Waals surface area contributed by atoms with Crippen molar-refractivity contribution in [3.05, 3.63) is 48.0 Å². The molecule has 1 heterocycles. The van der Waals surface area contributed by atoms with Crippen molar-refractivity contribution >= 4 is 6.09 Å². The van der Waals surface area contributed by atoms with Gasteiger partial charge < -0.3 is 9.84 Å². The topological polar surface area (TPSA) is 49.8 Å². The first-order valence-electron chi connectivity index (χ1n) is 6.58. The fourth-order valence-corrected chi connectivity index (χ4v) is 2.94. The minimum atomic E-state index is -0.334. The molecule has 1 fully saturated rings. The van der Waals surface area contributed by atoms with Crippen LogP contribution in [0, 0.1) is 5.92 Å². The molecule has 3 unspecified atom stereocenters. The summed E-state index contributed by atoms with van der Waals surface area (Å²) < 4.78 is 5.34. The van der Waals surface area contributed by atoms with Crippen LogP contribution in [0.25, 0.3) is 0 Å². The van der Waals surface area contributed by atoms with Gasteiger partial charge in [-0.05, 0) is 12.0 Å². The Balaban J connectivity index is 1.63.